The van der Waals surface area contributed by atoms with Crippen LogP contribution in [0.25, 0.3) is 79.9 Å². The molecule has 0 aliphatic heterocycles. The molecule has 0 rings (SSSR count). The molecule has 0 aromatic rings. The molecule has 0 aliphatic carbocycles. The Bertz CT molecular complexity index is 208. The van der Waals surface area contributed by atoms with Crippen LogP contribution >= 0.6 is 9.82 Å². The first kappa shape index (κ1) is 52.3. The molecule has 0 unspecified atom stereocenters. The molecular weight excluding hydrogens is 393 g/mol. The van der Waals surface area contributed by atoms with Gasteiger partial charge in [0.15, 0.2) is 0 Å². The van der Waals surface area contributed by atoms with Crippen molar-refractivity contribution in [3.8, 4) is 0 Å². The molecule has 0 N–H and O–H groups in total. The van der Waals surface area contributed by atoms with Gasteiger partial charge < -0.3 is 55.3 Å². The van der Waals surface area contributed by atoms with Crippen LogP contribution in [0.4, 0.5) is 0 Å². The van der Waals surface area contributed by atoms with Gasteiger partial charge in [-0.2, -0.15) is 0 Å². The quantitative estimate of drug-likeness (QED) is 0.253. The Morgan fingerprint density at radius 3 is 0.474 bits per heavy atom. The molecule has 0 heterocycles. The standard InChI is InChI=1S/Mo.5N3.Na.2S/c;5*1-3-2;;;/q+2;5*-1;+1;;+2. The molecule has 0 saturated heterocycles. The maximum atomic E-state index is 6.75. The fourth-order valence-corrected chi connectivity index (χ4v) is 0. The summed E-state index contributed by atoms with van der Waals surface area (Å²) in [5.41, 5.74) is 67.5. The first-order chi connectivity index (χ1) is 8.07. The van der Waals surface area contributed by atoms with Crippen LogP contribution in [0.15, 0.2) is 0 Å². The van der Waals surface area contributed by atoms with Crippen molar-refractivity contribution >= 4 is 23.3 Å². The van der Waals surface area contributed by atoms with Crippen LogP contribution in [0, 0.1) is 0 Å². The van der Waals surface area contributed by atoms with Gasteiger partial charge in [-0.15, -0.1) is 0 Å². The Balaban J connectivity index is -0.0000000125. The van der Waals surface area contributed by atoms with Gasteiger partial charge in [-0.3, -0.25) is 24.6 Å². The second kappa shape index (κ2) is 290. The molecule has 0 spiro atoms. The second-order valence-corrected chi connectivity index (χ2v) is 0.447. The predicted octanol–water partition coefficient (Wildman–Crippen LogP) is 1.98. The van der Waals surface area contributed by atoms with E-state index in [0.29, 0.717) is 0 Å². The fourth-order valence-electron chi connectivity index (χ4n) is 0. The van der Waals surface area contributed by atoms with Crippen molar-refractivity contribution in [2.45, 2.75) is 0 Å². The van der Waals surface area contributed by atoms with Crippen molar-refractivity contribution in [1.29, 1.82) is 0 Å². The molecule has 94 valence electrons. The SMILES string of the molecule is [N-]=[N+]=[N-].[N-]=[N+]=[N-].[N-]=[N+]=[N-].[N-]=[N+]=[N-].[N-]=[N+]=[N-].[Na+].[S+2].[S]=[Mo+2]. The van der Waals surface area contributed by atoms with Gasteiger partial charge in [0.2, 0.25) is 0 Å². The van der Waals surface area contributed by atoms with Crippen LogP contribution in [0.2, 0.25) is 0 Å². The van der Waals surface area contributed by atoms with E-state index in [1.807, 2.05) is 0 Å². The molecule has 0 aromatic heterocycles. The third-order valence-electron chi connectivity index (χ3n) is 0. The van der Waals surface area contributed by atoms with Crippen LogP contribution < -0.4 is 29.6 Å². The number of nitrogens with zero attached hydrogens (tertiary/aromatic N) is 15. The van der Waals surface area contributed by atoms with E-state index in [9.17, 15) is 0 Å². The fraction of sp³-hybridized carbons (Fsp3) is 0. The molecule has 0 aliphatic rings. The first-order valence-corrected chi connectivity index (χ1v) is 4.96. The third-order valence-corrected chi connectivity index (χ3v) is 0. The van der Waals surface area contributed by atoms with Crippen LogP contribution in [0.5, 0.6) is 0 Å². The van der Waals surface area contributed by atoms with Crippen molar-refractivity contribution < 1.29 is 47.6 Å². The van der Waals surface area contributed by atoms with Gasteiger partial charge in [0, 0.05) is 0 Å². The van der Waals surface area contributed by atoms with Crippen LogP contribution in [-0.4, -0.2) is 0 Å². The Morgan fingerprint density at radius 2 is 0.474 bits per heavy atom. The topological polar surface area (TPSA) is 294 Å². The Labute approximate surface area is 149 Å². The minimum absolute atomic E-state index is 0. The van der Waals surface area contributed by atoms with Crippen molar-refractivity contribution in [3.63, 3.8) is 0 Å². The van der Waals surface area contributed by atoms with Crippen molar-refractivity contribution in [3.05, 3.63) is 79.9 Å². The molecule has 0 bridgehead atoms. The average molecular weight is 393 g/mol. The van der Waals surface area contributed by atoms with E-state index >= 15 is 0 Å². The maximum absolute atomic E-state index is 6.75. The molecule has 4 radical (unpaired) electrons. The normalized spacial score (nSPS) is 2.26. The second-order valence-electron chi connectivity index (χ2n) is 0.447. The molecule has 0 atom stereocenters. The van der Waals surface area contributed by atoms with E-state index in [1.165, 1.54) is 42.6 Å². The molecule has 0 aromatic carbocycles. The van der Waals surface area contributed by atoms with Crippen LogP contribution in [0.1, 0.15) is 0 Å². The van der Waals surface area contributed by atoms with Crippen LogP contribution in [-0.2, 0) is 31.5 Å². The van der Waals surface area contributed by atoms with E-state index in [-0.39, 0.29) is 43.1 Å². The minimum atomic E-state index is 0. The first-order valence-electron chi connectivity index (χ1n) is 2.17. The molecule has 0 saturated carbocycles. The number of hydrogen-bond donors (Lipinski definition) is 0. The summed E-state index contributed by atoms with van der Waals surface area (Å²) < 4.78 is 0. The van der Waals surface area contributed by atoms with Gasteiger partial charge in [0.25, 0.3) is 0 Å². The zero-order valence-electron chi connectivity index (χ0n) is 8.93. The number of rotatable bonds is 0. The van der Waals surface area contributed by atoms with Gasteiger partial charge in [-0.1, -0.05) is 0 Å². The van der Waals surface area contributed by atoms with E-state index < -0.39 is 0 Å². The Kier molecular flexibility index (Phi) is 797. The molecule has 0 amide bonds. The predicted molar refractivity (Wildman–Crippen MR) is 65.3 cm³/mol. The van der Waals surface area contributed by atoms with Crippen molar-refractivity contribution in [2.75, 3.05) is 0 Å². The van der Waals surface area contributed by atoms with Crippen LogP contribution in [0.3, 0.4) is 0 Å². The summed E-state index contributed by atoms with van der Waals surface area (Å²) in [7, 11) is 4.09. The molecule has 15 nitrogen and oxygen atoms in total. The Hall–Kier alpha value is -1.19. The number of hydrogen-bond acceptors (Lipinski definition) is 1. The third kappa shape index (κ3) is 2600. The summed E-state index contributed by atoms with van der Waals surface area (Å²) in [6, 6.07) is 0. The van der Waals surface area contributed by atoms with Crippen molar-refractivity contribution in [1.82, 2.24) is 0 Å². The molecule has 0 fully saturated rings. The van der Waals surface area contributed by atoms with E-state index in [1.54, 1.807) is 0 Å². The summed E-state index contributed by atoms with van der Waals surface area (Å²) in [5, 5.41) is 0. The van der Waals surface area contributed by atoms with Gasteiger partial charge in [-0.25, -0.2) is 0 Å². The summed E-state index contributed by atoms with van der Waals surface area (Å²) in [6.07, 6.45) is 0. The van der Waals surface area contributed by atoms with Crippen molar-refractivity contribution in [2.24, 2.45) is 0 Å². The molecular formula is MoN15NaS2. The van der Waals surface area contributed by atoms with E-state index in [0.717, 1.165) is 0 Å². The monoisotopic (exact) mass is 395 g/mol. The Morgan fingerprint density at radius 1 is 0.474 bits per heavy atom. The zero-order valence-corrected chi connectivity index (χ0v) is 14.6. The van der Waals surface area contributed by atoms with Gasteiger partial charge in [-0.05, 0) is 0 Å². The summed E-state index contributed by atoms with van der Waals surface area (Å²) >= 11 is 1.53. The molecule has 19 heavy (non-hydrogen) atoms. The summed E-state index contributed by atoms with van der Waals surface area (Å²) in [4.78, 5) is 7.50. The van der Waals surface area contributed by atoms with E-state index in [2.05, 4.69) is 9.82 Å². The van der Waals surface area contributed by atoms with Gasteiger partial charge in [0.1, 0.15) is 0 Å². The average Bonchev–Trinajstić information content (AvgIpc) is 2.25. The van der Waals surface area contributed by atoms with Gasteiger partial charge >= 0.3 is 70.9 Å². The summed E-state index contributed by atoms with van der Waals surface area (Å²) in [6.45, 7) is 0. The van der Waals surface area contributed by atoms with E-state index in [4.69, 9.17) is 55.3 Å². The zero-order chi connectivity index (χ0) is 15.5. The summed E-state index contributed by atoms with van der Waals surface area (Å²) in [5.74, 6) is 0. The molecule has 19 heteroatoms. The van der Waals surface area contributed by atoms with Gasteiger partial charge in [0.05, 0.1) is 0 Å².